The van der Waals surface area contributed by atoms with E-state index >= 15 is 0 Å². The Hall–Kier alpha value is -1.33. The van der Waals surface area contributed by atoms with Crippen LogP contribution in [0.15, 0.2) is 34.9 Å². The molecule has 1 heterocycles. The van der Waals surface area contributed by atoms with Crippen LogP contribution in [0.3, 0.4) is 0 Å². The molecule has 2 aliphatic rings. The van der Waals surface area contributed by atoms with Crippen molar-refractivity contribution in [2.75, 3.05) is 13.1 Å². The van der Waals surface area contributed by atoms with Gasteiger partial charge >= 0.3 is 0 Å². The molecule has 96 valence electrons. The molecule has 0 N–H and O–H groups in total. The van der Waals surface area contributed by atoms with Crippen molar-refractivity contribution in [1.82, 2.24) is 4.90 Å². The van der Waals surface area contributed by atoms with Crippen molar-refractivity contribution in [2.45, 2.75) is 45.6 Å². The number of hydrogen-bond acceptors (Lipinski definition) is 2. The van der Waals surface area contributed by atoms with Gasteiger partial charge in [-0.25, -0.2) is 0 Å². The molecule has 0 aromatic rings. The number of likely N-dealkylation sites (tertiary alicyclic amines) is 1. The van der Waals surface area contributed by atoms with Gasteiger partial charge in [-0.3, -0.25) is 0 Å². The zero-order valence-corrected chi connectivity index (χ0v) is 11.4. The molecule has 0 aromatic heterocycles. The number of allylic oxidation sites excluding steroid dienone is 5. The van der Waals surface area contributed by atoms with Gasteiger partial charge in [0.05, 0.1) is 11.6 Å². The van der Waals surface area contributed by atoms with Gasteiger partial charge in [0.25, 0.3) is 0 Å². The van der Waals surface area contributed by atoms with Crippen LogP contribution in [0.1, 0.15) is 39.5 Å². The molecule has 2 heteroatoms. The fraction of sp³-hybridized carbons (Fsp3) is 0.562. The molecular weight excluding hydrogens is 220 g/mol. The van der Waals surface area contributed by atoms with Gasteiger partial charge in [-0.15, -0.1) is 0 Å². The molecule has 0 bridgehead atoms. The molecule has 0 radical (unpaired) electrons. The summed E-state index contributed by atoms with van der Waals surface area (Å²) in [4.78, 5) is 2.49. The van der Waals surface area contributed by atoms with Crippen LogP contribution in [0.25, 0.3) is 0 Å². The van der Waals surface area contributed by atoms with Crippen LogP contribution in [-0.2, 0) is 0 Å². The fourth-order valence-corrected chi connectivity index (χ4v) is 2.75. The van der Waals surface area contributed by atoms with E-state index in [1.165, 1.54) is 11.1 Å². The van der Waals surface area contributed by atoms with Gasteiger partial charge in [0.1, 0.15) is 0 Å². The van der Waals surface area contributed by atoms with Gasteiger partial charge in [0.2, 0.25) is 0 Å². The lowest BCUT2D eigenvalue weighted by atomic mass is 9.89. The maximum absolute atomic E-state index is 9.42. The van der Waals surface area contributed by atoms with Crippen LogP contribution in [-0.4, -0.2) is 24.0 Å². The molecule has 0 spiro atoms. The fourth-order valence-electron chi connectivity index (χ4n) is 2.75. The zero-order chi connectivity index (χ0) is 13.0. The zero-order valence-electron chi connectivity index (χ0n) is 11.4. The summed E-state index contributed by atoms with van der Waals surface area (Å²) in [6.07, 6.45) is 10.6. The van der Waals surface area contributed by atoms with Crippen LogP contribution in [0, 0.1) is 11.3 Å². The van der Waals surface area contributed by atoms with Crippen LogP contribution in [0.4, 0.5) is 0 Å². The summed E-state index contributed by atoms with van der Waals surface area (Å²) in [7, 11) is 0. The molecule has 1 aliphatic carbocycles. The van der Waals surface area contributed by atoms with Crippen molar-refractivity contribution < 1.29 is 0 Å². The molecule has 1 saturated heterocycles. The summed E-state index contributed by atoms with van der Waals surface area (Å²) in [5.74, 6) is 0. The Kier molecular flexibility index (Phi) is 4.38. The van der Waals surface area contributed by atoms with Crippen molar-refractivity contribution in [3.8, 4) is 6.07 Å². The van der Waals surface area contributed by atoms with Crippen LogP contribution in [0.5, 0.6) is 0 Å². The van der Waals surface area contributed by atoms with E-state index in [0.717, 1.165) is 44.3 Å². The minimum Gasteiger partial charge on any atom is -0.300 e. The first-order valence-electron chi connectivity index (χ1n) is 6.94. The van der Waals surface area contributed by atoms with Crippen molar-refractivity contribution >= 4 is 0 Å². The third-order valence-corrected chi connectivity index (χ3v) is 3.93. The highest BCUT2D eigenvalue weighted by Crippen LogP contribution is 2.28. The number of nitrogens with zero attached hydrogens (tertiary/aromatic N) is 2. The average Bonchev–Trinajstić information content (AvgIpc) is 2.41. The summed E-state index contributed by atoms with van der Waals surface area (Å²) in [5.41, 5.74) is 3.59. The Balaban J connectivity index is 2.13. The molecule has 18 heavy (non-hydrogen) atoms. The molecule has 0 saturated carbocycles. The quantitative estimate of drug-likeness (QED) is 0.692. The van der Waals surface area contributed by atoms with E-state index in [1.54, 1.807) is 0 Å². The molecule has 1 aliphatic heterocycles. The third kappa shape index (κ3) is 2.91. The van der Waals surface area contributed by atoms with E-state index in [0.29, 0.717) is 6.04 Å². The second-order valence-corrected chi connectivity index (χ2v) is 5.38. The van der Waals surface area contributed by atoms with E-state index in [-0.39, 0.29) is 0 Å². The normalized spacial score (nSPS) is 20.8. The Labute approximate surface area is 110 Å². The molecule has 0 atom stereocenters. The van der Waals surface area contributed by atoms with Crippen LogP contribution < -0.4 is 0 Å². The van der Waals surface area contributed by atoms with Gasteiger partial charge < -0.3 is 4.90 Å². The van der Waals surface area contributed by atoms with E-state index in [1.807, 2.05) is 0 Å². The van der Waals surface area contributed by atoms with E-state index in [2.05, 4.69) is 43.0 Å². The maximum Gasteiger partial charge on any atom is 0.0994 e. The summed E-state index contributed by atoms with van der Waals surface area (Å²) in [6.45, 7) is 6.69. The second-order valence-electron chi connectivity index (χ2n) is 5.38. The molecule has 2 nitrogen and oxygen atoms in total. The van der Waals surface area contributed by atoms with E-state index in [4.69, 9.17) is 0 Å². The topological polar surface area (TPSA) is 27.0 Å². The number of rotatable bonds is 2. The third-order valence-electron chi connectivity index (χ3n) is 3.93. The van der Waals surface area contributed by atoms with E-state index in [9.17, 15) is 5.26 Å². The molecule has 0 amide bonds. The minimum absolute atomic E-state index is 0.619. The first-order valence-corrected chi connectivity index (χ1v) is 6.94. The first kappa shape index (κ1) is 13.1. The first-order chi connectivity index (χ1) is 8.72. The van der Waals surface area contributed by atoms with Crippen molar-refractivity contribution in [3.05, 3.63) is 34.9 Å². The monoisotopic (exact) mass is 242 g/mol. The largest absolute Gasteiger partial charge is 0.300 e. The Morgan fingerprint density at radius 3 is 2.50 bits per heavy atom. The lowest BCUT2D eigenvalue weighted by Crippen LogP contribution is -2.36. The summed E-state index contributed by atoms with van der Waals surface area (Å²) < 4.78 is 0. The standard InChI is InChI=1S/C16H22N2/c1-13(2)18-10-8-15(9-11-18)16(12-17)14-6-4-3-5-7-14/h3-4,6,13H,5,7-11H2,1-2H3. The summed E-state index contributed by atoms with van der Waals surface area (Å²) in [5, 5.41) is 9.42. The number of hydrogen-bond donors (Lipinski definition) is 0. The Bertz CT molecular complexity index is 423. The van der Waals surface area contributed by atoms with E-state index < -0.39 is 0 Å². The molecule has 1 fully saturated rings. The lowest BCUT2D eigenvalue weighted by molar-refractivity contribution is 0.207. The minimum atomic E-state index is 0.619. The summed E-state index contributed by atoms with van der Waals surface area (Å²) >= 11 is 0. The number of nitriles is 1. The number of piperidine rings is 1. The lowest BCUT2D eigenvalue weighted by Gasteiger charge is -2.32. The molecule has 0 aromatic carbocycles. The van der Waals surface area contributed by atoms with Crippen LogP contribution >= 0.6 is 0 Å². The maximum atomic E-state index is 9.42. The van der Waals surface area contributed by atoms with Gasteiger partial charge in [-0.2, -0.15) is 5.26 Å². The predicted octanol–water partition coefficient (Wildman–Crippen LogP) is 3.59. The van der Waals surface area contributed by atoms with Gasteiger partial charge in [0, 0.05) is 19.1 Å². The van der Waals surface area contributed by atoms with Gasteiger partial charge in [-0.1, -0.05) is 18.2 Å². The van der Waals surface area contributed by atoms with Gasteiger partial charge in [0.15, 0.2) is 0 Å². The average molecular weight is 242 g/mol. The highest BCUT2D eigenvalue weighted by atomic mass is 15.1. The SMILES string of the molecule is CC(C)N1CCC(=C(C#N)C2=CC=CCC2)CC1. The van der Waals surface area contributed by atoms with Crippen molar-refractivity contribution in [3.63, 3.8) is 0 Å². The smallest absolute Gasteiger partial charge is 0.0994 e. The van der Waals surface area contributed by atoms with Crippen molar-refractivity contribution in [2.24, 2.45) is 0 Å². The summed E-state index contributed by atoms with van der Waals surface area (Å²) in [6, 6.07) is 3.06. The van der Waals surface area contributed by atoms with Crippen molar-refractivity contribution in [1.29, 1.82) is 5.26 Å². The Morgan fingerprint density at radius 2 is 2.00 bits per heavy atom. The highest BCUT2D eigenvalue weighted by molar-refractivity contribution is 5.48. The van der Waals surface area contributed by atoms with Crippen LogP contribution in [0.2, 0.25) is 0 Å². The molecule has 0 unspecified atom stereocenters. The molecule has 2 rings (SSSR count). The highest BCUT2D eigenvalue weighted by Gasteiger charge is 2.20. The Morgan fingerprint density at radius 1 is 1.28 bits per heavy atom. The van der Waals surface area contributed by atoms with Gasteiger partial charge in [-0.05, 0) is 50.7 Å². The second kappa shape index (κ2) is 6.02. The predicted molar refractivity (Wildman–Crippen MR) is 75.0 cm³/mol. The molecular formula is C16H22N2.